The minimum absolute atomic E-state index is 0.0268. The average Bonchev–Trinajstić information content (AvgIpc) is 3.06. The molecule has 1 aromatic carbocycles. The topological polar surface area (TPSA) is 87.5 Å². The van der Waals surface area contributed by atoms with Crippen LogP contribution in [0.4, 0.5) is 10.1 Å². The molecule has 1 saturated heterocycles. The lowest BCUT2D eigenvalue weighted by atomic mass is 10.1. The van der Waals surface area contributed by atoms with Gasteiger partial charge in [0.1, 0.15) is 5.82 Å². The first kappa shape index (κ1) is 19.2. The zero-order valence-corrected chi connectivity index (χ0v) is 14.8. The molecule has 1 heterocycles. The molecule has 0 radical (unpaired) electrons. The molecule has 7 heteroatoms. The molecule has 138 valence electrons. The summed E-state index contributed by atoms with van der Waals surface area (Å²) in [6.07, 6.45) is 0.961. The van der Waals surface area contributed by atoms with E-state index in [-0.39, 0.29) is 30.1 Å². The van der Waals surface area contributed by atoms with E-state index in [1.54, 1.807) is 12.1 Å². The van der Waals surface area contributed by atoms with Gasteiger partial charge in [0.2, 0.25) is 11.8 Å². The Labute approximate surface area is 147 Å². The Hall–Kier alpha value is -2.15. The van der Waals surface area contributed by atoms with E-state index in [1.165, 1.54) is 12.1 Å². The van der Waals surface area contributed by atoms with Gasteiger partial charge in [0.05, 0.1) is 12.6 Å². The summed E-state index contributed by atoms with van der Waals surface area (Å²) in [6.45, 7) is 5.91. The van der Waals surface area contributed by atoms with Gasteiger partial charge in [-0.3, -0.25) is 9.59 Å². The van der Waals surface area contributed by atoms with Crippen molar-refractivity contribution in [1.82, 2.24) is 10.6 Å². The number of carbonyl (C=O) groups excluding carboxylic acids is 2. The fraction of sp³-hybridized carbons (Fsp3) is 0.556. The van der Waals surface area contributed by atoms with E-state index in [4.69, 9.17) is 5.73 Å². The summed E-state index contributed by atoms with van der Waals surface area (Å²) in [5.74, 6) is -0.411. The van der Waals surface area contributed by atoms with Crippen LogP contribution in [0.3, 0.4) is 0 Å². The van der Waals surface area contributed by atoms with Crippen molar-refractivity contribution in [3.8, 4) is 0 Å². The van der Waals surface area contributed by atoms with E-state index < -0.39 is 6.04 Å². The number of nitrogens with zero attached hydrogens (tertiary/aromatic N) is 1. The van der Waals surface area contributed by atoms with Crippen LogP contribution < -0.4 is 21.3 Å². The first-order valence-corrected chi connectivity index (χ1v) is 8.67. The van der Waals surface area contributed by atoms with Crippen LogP contribution in [0.2, 0.25) is 0 Å². The van der Waals surface area contributed by atoms with Gasteiger partial charge in [-0.25, -0.2) is 4.39 Å². The zero-order chi connectivity index (χ0) is 18.4. The van der Waals surface area contributed by atoms with E-state index >= 15 is 0 Å². The fourth-order valence-corrected chi connectivity index (χ4v) is 2.79. The molecule has 0 bridgehead atoms. The molecule has 1 fully saturated rings. The lowest BCUT2D eigenvalue weighted by Crippen LogP contribution is -2.47. The molecule has 0 spiro atoms. The molecule has 0 aliphatic carbocycles. The molecule has 2 amide bonds. The number of halogens is 1. The summed E-state index contributed by atoms with van der Waals surface area (Å²) in [5.41, 5.74) is 6.72. The molecule has 2 atom stereocenters. The fourth-order valence-electron chi connectivity index (χ4n) is 2.79. The van der Waals surface area contributed by atoms with Crippen molar-refractivity contribution in [2.45, 2.75) is 26.3 Å². The third-order valence-corrected chi connectivity index (χ3v) is 4.51. The van der Waals surface area contributed by atoms with Crippen LogP contribution in [0, 0.1) is 17.7 Å². The number of carbonyl (C=O) groups is 2. The predicted octanol–water partition coefficient (Wildman–Crippen LogP) is 0.868. The van der Waals surface area contributed by atoms with E-state index in [2.05, 4.69) is 15.5 Å². The van der Waals surface area contributed by atoms with Crippen molar-refractivity contribution in [3.63, 3.8) is 0 Å². The average molecular weight is 350 g/mol. The quantitative estimate of drug-likeness (QED) is 0.681. The van der Waals surface area contributed by atoms with E-state index in [0.29, 0.717) is 12.5 Å². The second kappa shape index (κ2) is 8.80. The van der Waals surface area contributed by atoms with Crippen molar-refractivity contribution in [3.05, 3.63) is 30.1 Å². The first-order chi connectivity index (χ1) is 11.9. The van der Waals surface area contributed by atoms with E-state index in [1.807, 2.05) is 13.8 Å². The van der Waals surface area contributed by atoms with Gasteiger partial charge in [0.25, 0.3) is 0 Å². The van der Waals surface area contributed by atoms with Crippen LogP contribution in [-0.2, 0) is 9.59 Å². The molecule has 2 rings (SSSR count). The van der Waals surface area contributed by atoms with Gasteiger partial charge in [-0.05, 0) is 42.5 Å². The Morgan fingerprint density at radius 1 is 1.28 bits per heavy atom. The molecule has 4 N–H and O–H groups in total. The maximum absolute atomic E-state index is 13.0. The molecular formula is C18H27FN4O2. The lowest BCUT2D eigenvalue weighted by Gasteiger charge is -2.19. The summed E-state index contributed by atoms with van der Waals surface area (Å²) in [5, 5.41) is 5.41. The molecule has 1 unspecified atom stereocenters. The van der Waals surface area contributed by atoms with Crippen LogP contribution in [0.1, 0.15) is 20.3 Å². The number of anilines is 1. The van der Waals surface area contributed by atoms with Gasteiger partial charge < -0.3 is 21.3 Å². The van der Waals surface area contributed by atoms with Gasteiger partial charge in [0.15, 0.2) is 0 Å². The molecule has 6 nitrogen and oxygen atoms in total. The summed E-state index contributed by atoms with van der Waals surface area (Å²) in [7, 11) is 0. The number of benzene rings is 1. The highest BCUT2D eigenvalue weighted by Crippen LogP contribution is 2.23. The SMILES string of the molecule is CC(C)[C@H](N)C(=O)NCC(=O)NCC1CCN(c2ccc(F)cc2)C1. The van der Waals surface area contributed by atoms with Crippen molar-refractivity contribution in [1.29, 1.82) is 0 Å². The largest absolute Gasteiger partial charge is 0.371 e. The number of amides is 2. The third-order valence-electron chi connectivity index (χ3n) is 4.51. The van der Waals surface area contributed by atoms with Gasteiger partial charge in [-0.1, -0.05) is 13.8 Å². The number of hydrogen-bond donors (Lipinski definition) is 3. The Morgan fingerprint density at radius 3 is 2.60 bits per heavy atom. The molecule has 1 aliphatic heterocycles. The smallest absolute Gasteiger partial charge is 0.239 e. The van der Waals surface area contributed by atoms with Crippen molar-refractivity contribution in [2.75, 3.05) is 31.1 Å². The highest BCUT2D eigenvalue weighted by molar-refractivity contribution is 5.87. The normalized spacial score (nSPS) is 18.3. The maximum atomic E-state index is 13.0. The van der Waals surface area contributed by atoms with Crippen LogP contribution in [0.15, 0.2) is 24.3 Å². The third kappa shape index (κ3) is 5.70. The molecule has 0 saturated carbocycles. The minimum atomic E-state index is -0.605. The summed E-state index contributed by atoms with van der Waals surface area (Å²) in [4.78, 5) is 25.8. The van der Waals surface area contributed by atoms with Crippen molar-refractivity contribution in [2.24, 2.45) is 17.6 Å². The Morgan fingerprint density at radius 2 is 1.96 bits per heavy atom. The Bertz CT molecular complexity index is 591. The first-order valence-electron chi connectivity index (χ1n) is 8.67. The Kier molecular flexibility index (Phi) is 6.75. The monoisotopic (exact) mass is 350 g/mol. The number of nitrogens with one attached hydrogen (secondary N) is 2. The number of rotatable bonds is 7. The van der Waals surface area contributed by atoms with Gasteiger partial charge in [0, 0.05) is 25.3 Å². The standard InChI is InChI=1S/C18H27FN4O2/c1-12(2)17(20)18(25)22-10-16(24)21-9-13-7-8-23(11-13)15-5-3-14(19)4-6-15/h3-6,12-13,17H,7-11,20H2,1-2H3,(H,21,24)(H,22,25)/t13?,17-/m0/s1. The predicted molar refractivity (Wildman–Crippen MR) is 95.6 cm³/mol. The lowest BCUT2D eigenvalue weighted by molar-refractivity contribution is -0.127. The summed E-state index contributed by atoms with van der Waals surface area (Å²) in [6, 6.07) is 5.84. The zero-order valence-electron chi connectivity index (χ0n) is 14.8. The van der Waals surface area contributed by atoms with Crippen molar-refractivity contribution < 1.29 is 14.0 Å². The second-order valence-corrected chi connectivity index (χ2v) is 6.87. The van der Waals surface area contributed by atoms with Crippen molar-refractivity contribution >= 4 is 17.5 Å². The molecule has 1 aromatic rings. The summed E-state index contributed by atoms with van der Waals surface area (Å²) >= 11 is 0. The van der Waals surface area contributed by atoms with Crippen LogP contribution in [0.5, 0.6) is 0 Å². The van der Waals surface area contributed by atoms with Crippen LogP contribution in [0.25, 0.3) is 0 Å². The number of nitrogens with two attached hydrogens (primary N) is 1. The Balaban J connectivity index is 1.69. The van der Waals surface area contributed by atoms with Gasteiger partial charge in [-0.2, -0.15) is 0 Å². The molecular weight excluding hydrogens is 323 g/mol. The number of hydrogen-bond acceptors (Lipinski definition) is 4. The minimum Gasteiger partial charge on any atom is -0.371 e. The molecule has 1 aliphatic rings. The highest BCUT2D eigenvalue weighted by Gasteiger charge is 2.23. The van der Waals surface area contributed by atoms with E-state index in [0.717, 1.165) is 25.2 Å². The summed E-state index contributed by atoms with van der Waals surface area (Å²) < 4.78 is 13.0. The van der Waals surface area contributed by atoms with Gasteiger partial charge in [-0.15, -0.1) is 0 Å². The maximum Gasteiger partial charge on any atom is 0.239 e. The molecule has 25 heavy (non-hydrogen) atoms. The second-order valence-electron chi connectivity index (χ2n) is 6.87. The van der Waals surface area contributed by atoms with E-state index in [9.17, 15) is 14.0 Å². The molecule has 0 aromatic heterocycles. The van der Waals surface area contributed by atoms with Gasteiger partial charge >= 0.3 is 0 Å². The highest BCUT2D eigenvalue weighted by atomic mass is 19.1. The van der Waals surface area contributed by atoms with Crippen LogP contribution >= 0.6 is 0 Å². The van der Waals surface area contributed by atoms with Crippen LogP contribution in [-0.4, -0.2) is 44.0 Å².